The first-order valence-electron chi connectivity index (χ1n) is 7.41. The van der Waals surface area contributed by atoms with E-state index in [0.29, 0.717) is 12.8 Å². The first kappa shape index (κ1) is 19.5. The fourth-order valence-corrected chi connectivity index (χ4v) is 2.80. The molecule has 0 unspecified atom stereocenters. The van der Waals surface area contributed by atoms with Crippen molar-refractivity contribution in [2.24, 2.45) is 0 Å². The van der Waals surface area contributed by atoms with Gasteiger partial charge in [-0.2, -0.15) is 0 Å². The van der Waals surface area contributed by atoms with Crippen LogP contribution in [0, 0.1) is 0 Å². The summed E-state index contributed by atoms with van der Waals surface area (Å²) in [5, 5.41) is 3.59. The molecule has 0 spiro atoms. The zero-order valence-electron chi connectivity index (χ0n) is 12.6. The molecule has 0 aliphatic carbocycles. The van der Waals surface area contributed by atoms with Crippen LogP contribution in [0.2, 0.25) is 0 Å². The zero-order valence-corrected chi connectivity index (χ0v) is 14.2. The molecule has 0 fully saturated rings. The van der Waals surface area contributed by atoms with Crippen molar-refractivity contribution in [1.29, 1.82) is 0 Å². The van der Waals surface area contributed by atoms with Gasteiger partial charge in [-0.25, -0.2) is 0 Å². The van der Waals surface area contributed by atoms with Gasteiger partial charge in [0.05, 0.1) is 0 Å². The highest BCUT2D eigenvalue weighted by molar-refractivity contribution is 8.78. The highest BCUT2D eigenvalue weighted by atomic mass is 33.1. The molecule has 0 aliphatic heterocycles. The Kier molecular flexibility index (Phi) is 14.6. The fraction of sp³-hybridized carbons (Fsp3) is 0.625. The largest absolute Gasteiger partial charge is 0.295 e. The summed E-state index contributed by atoms with van der Waals surface area (Å²) in [5.74, 6) is 0.373. The Morgan fingerprint density at radius 1 is 0.750 bits per heavy atom. The lowest BCUT2D eigenvalue weighted by Crippen LogP contribution is -1.91. The van der Waals surface area contributed by atoms with Crippen LogP contribution in [0.5, 0.6) is 0 Å². The van der Waals surface area contributed by atoms with E-state index < -0.39 is 0 Å². The summed E-state index contributed by atoms with van der Waals surface area (Å²) in [4.78, 5) is 22.8. The number of allylic oxidation sites excluding steroid dienone is 2. The maximum atomic E-state index is 11.4. The molecule has 0 amide bonds. The third kappa shape index (κ3) is 13.9. The predicted octanol–water partition coefficient (Wildman–Crippen LogP) is 5.69. The standard InChI is InChI=1S/C16H26O2S2/c1-3-5-7-9-15(17)11-13-19-20-14-12-16(18)10-8-6-4-2/h11-14H,3-10H2,1-2H3. The second kappa shape index (κ2) is 14.9. The van der Waals surface area contributed by atoms with Crippen molar-refractivity contribution in [1.82, 2.24) is 0 Å². The molecule has 0 aliphatic rings. The third-order valence-corrected chi connectivity index (χ3v) is 4.33. The van der Waals surface area contributed by atoms with E-state index in [0.717, 1.165) is 38.5 Å². The molecule has 0 rings (SSSR count). The van der Waals surface area contributed by atoms with Crippen LogP contribution in [0.3, 0.4) is 0 Å². The van der Waals surface area contributed by atoms with Gasteiger partial charge in [0.1, 0.15) is 0 Å². The topological polar surface area (TPSA) is 34.1 Å². The molecular formula is C16H26O2S2. The summed E-state index contributed by atoms with van der Waals surface area (Å²) >= 11 is 0. The van der Waals surface area contributed by atoms with Gasteiger partial charge >= 0.3 is 0 Å². The first-order valence-corrected chi connectivity index (χ1v) is 9.69. The summed E-state index contributed by atoms with van der Waals surface area (Å²) in [5.41, 5.74) is 0. The average molecular weight is 315 g/mol. The number of ketones is 2. The van der Waals surface area contributed by atoms with Crippen molar-refractivity contribution in [3.63, 3.8) is 0 Å². The van der Waals surface area contributed by atoms with Gasteiger partial charge in [-0.05, 0) is 35.8 Å². The van der Waals surface area contributed by atoms with Gasteiger partial charge in [0.2, 0.25) is 0 Å². The van der Waals surface area contributed by atoms with Crippen molar-refractivity contribution in [3.05, 3.63) is 23.0 Å². The molecule has 4 heteroatoms. The zero-order chi connectivity index (χ0) is 15.1. The smallest absolute Gasteiger partial charge is 0.156 e. The van der Waals surface area contributed by atoms with Crippen LogP contribution in [-0.2, 0) is 9.59 Å². The Labute approximate surface area is 131 Å². The van der Waals surface area contributed by atoms with E-state index in [1.54, 1.807) is 23.0 Å². The second-order valence-electron chi connectivity index (χ2n) is 4.64. The number of hydrogen-bond donors (Lipinski definition) is 0. The molecule has 0 saturated heterocycles. The lowest BCUT2D eigenvalue weighted by molar-refractivity contribution is -0.115. The first-order chi connectivity index (χ1) is 9.70. The number of hydrogen-bond acceptors (Lipinski definition) is 4. The lowest BCUT2D eigenvalue weighted by Gasteiger charge is -1.94. The minimum Gasteiger partial charge on any atom is -0.295 e. The van der Waals surface area contributed by atoms with Crippen LogP contribution in [-0.4, -0.2) is 11.6 Å². The van der Waals surface area contributed by atoms with Crippen LogP contribution in [0.4, 0.5) is 0 Å². The Morgan fingerprint density at radius 2 is 1.15 bits per heavy atom. The molecular weight excluding hydrogens is 288 g/mol. The quantitative estimate of drug-likeness (QED) is 0.248. The summed E-state index contributed by atoms with van der Waals surface area (Å²) in [6.45, 7) is 4.26. The van der Waals surface area contributed by atoms with E-state index in [-0.39, 0.29) is 11.6 Å². The van der Waals surface area contributed by atoms with Crippen molar-refractivity contribution >= 4 is 33.2 Å². The minimum absolute atomic E-state index is 0.186. The minimum atomic E-state index is 0.186. The fourth-order valence-electron chi connectivity index (χ4n) is 1.54. The second-order valence-corrected chi connectivity index (χ2v) is 6.73. The van der Waals surface area contributed by atoms with Crippen LogP contribution in [0.15, 0.2) is 23.0 Å². The van der Waals surface area contributed by atoms with Gasteiger partial charge in [0.15, 0.2) is 11.6 Å². The van der Waals surface area contributed by atoms with Crippen LogP contribution >= 0.6 is 21.6 Å². The summed E-state index contributed by atoms with van der Waals surface area (Å²) in [7, 11) is 2.93. The highest BCUT2D eigenvalue weighted by Gasteiger charge is 1.96. The summed E-state index contributed by atoms with van der Waals surface area (Å²) < 4.78 is 0. The van der Waals surface area contributed by atoms with E-state index >= 15 is 0 Å². The predicted molar refractivity (Wildman–Crippen MR) is 91.8 cm³/mol. The monoisotopic (exact) mass is 314 g/mol. The molecule has 0 N–H and O–H groups in total. The molecule has 2 nitrogen and oxygen atoms in total. The van der Waals surface area contributed by atoms with E-state index in [9.17, 15) is 9.59 Å². The van der Waals surface area contributed by atoms with Crippen molar-refractivity contribution < 1.29 is 9.59 Å². The third-order valence-electron chi connectivity index (χ3n) is 2.73. The number of unbranched alkanes of at least 4 members (excludes halogenated alkanes) is 4. The van der Waals surface area contributed by atoms with Crippen LogP contribution in [0.1, 0.15) is 65.2 Å². The average Bonchev–Trinajstić information content (AvgIpc) is 2.43. The normalized spacial score (nSPS) is 11.5. The Bertz CT molecular complexity index is 290. The molecule has 0 heterocycles. The maximum Gasteiger partial charge on any atom is 0.156 e. The van der Waals surface area contributed by atoms with Gasteiger partial charge < -0.3 is 0 Å². The van der Waals surface area contributed by atoms with Crippen molar-refractivity contribution in [2.45, 2.75) is 65.2 Å². The molecule has 0 bridgehead atoms. The highest BCUT2D eigenvalue weighted by Crippen LogP contribution is 2.23. The molecule has 0 saturated carbocycles. The van der Waals surface area contributed by atoms with E-state index in [2.05, 4.69) is 13.8 Å². The van der Waals surface area contributed by atoms with Gasteiger partial charge in [0, 0.05) is 12.8 Å². The molecule has 0 radical (unpaired) electrons. The van der Waals surface area contributed by atoms with Gasteiger partial charge in [-0.1, -0.05) is 61.1 Å². The number of carbonyl (C=O) groups excluding carboxylic acids is 2. The molecule has 20 heavy (non-hydrogen) atoms. The van der Waals surface area contributed by atoms with E-state index in [1.807, 2.05) is 0 Å². The molecule has 0 aromatic carbocycles. The van der Waals surface area contributed by atoms with Crippen LogP contribution in [0.25, 0.3) is 0 Å². The molecule has 0 atom stereocenters. The Morgan fingerprint density at radius 3 is 1.50 bits per heavy atom. The summed E-state index contributed by atoms with van der Waals surface area (Å²) in [6, 6.07) is 0. The van der Waals surface area contributed by atoms with Gasteiger partial charge in [-0.3, -0.25) is 9.59 Å². The van der Waals surface area contributed by atoms with Gasteiger partial charge in [0.25, 0.3) is 0 Å². The summed E-state index contributed by atoms with van der Waals surface area (Å²) in [6.07, 6.45) is 11.0. The van der Waals surface area contributed by atoms with Crippen LogP contribution < -0.4 is 0 Å². The Hall–Kier alpha value is -0.480. The van der Waals surface area contributed by atoms with Gasteiger partial charge in [-0.15, -0.1) is 0 Å². The van der Waals surface area contributed by atoms with E-state index in [1.165, 1.54) is 21.6 Å². The van der Waals surface area contributed by atoms with Crippen molar-refractivity contribution in [3.8, 4) is 0 Å². The molecule has 0 aromatic heterocycles. The lowest BCUT2D eigenvalue weighted by atomic mass is 10.1. The van der Waals surface area contributed by atoms with Crippen molar-refractivity contribution in [2.75, 3.05) is 0 Å². The Balaban J connectivity index is 3.58. The maximum absolute atomic E-state index is 11.4. The molecule has 0 aromatic rings. The molecule has 114 valence electrons. The number of rotatable bonds is 13. The SMILES string of the molecule is CCCCCC(=O)C=CSSC=CC(=O)CCCCC. The number of carbonyl (C=O) groups is 2. The van der Waals surface area contributed by atoms with E-state index in [4.69, 9.17) is 0 Å².